The van der Waals surface area contributed by atoms with Gasteiger partial charge in [0.1, 0.15) is 0 Å². The predicted octanol–water partition coefficient (Wildman–Crippen LogP) is 7.34. The number of thiophene rings is 1. The maximum absolute atomic E-state index is 12.0. The summed E-state index contributed by atoms with van der Waals surface area (Å²) in [6.45, 7) is 0. The summed E-state index contributed by atoms with van der Waals surface area (Å²) in [6, 6.07) is 12.8. The molecule has 0 amide bonds. The first kappa shape index (κ1) is 18.1. The molecule has 0 bridgehead atoms. The summed E-state index contributed by atoms with van der Waals surface area (Å²) < 4.78 is 24.0. The first-order valence-corrected chi connectivity index (χ1v) is 9.55. The minimum absolute atomic E-state index is 0.0701. The van der Waals surface area contributed by atoms with Gasteiger partial charge in [0.2, 0.25) is 6.43 Å². The molecule has 2 aromatic rings. The summed E-state index contributed by atoms with van der Waals surface area (Å²) in [5, 5.41) is 2.18. The summed E-state index contributed by atoms with van der Waals surface area (Å²) in [4.78, 5) is 1.48. The Kier molecular flexibility index (Phi) is 8.30. The molecule has 1 aromatic heterocycles. The van der Waals surface area contributed by atoms with E-state index in [2.05, 4.69) is 41.8 Å². The molecule has 0 radical (unpaired) electrons. The maximum Gasteiger partial charge on any atom is 0.238 e. The first-order chi connectivity index (χ1) is 11.3. The van der Waals surface area contributed by atoms with Crippen molar-refractivity contribution >= 4 is 11.3 Å². The number of aryl methyl sites for hydroxylation is 1. The molecule has 0 N–H and O–H groups in total. The fraction of sp³-hybridized carbons (Fsp3) is 0.500. The smallest absolute Gasteiger partial charge is 0.211 e. The summed E-state index contributed by atoms with van der Waals surface area (Å²) in [5.74, 6) is 0. The van der Waals surface area contributed by atoms with E-state index in [4.69, 9.17) is 0 Å². The Morgan fingerprint density at radius 1 is 0.783 bits per heavy atom. The Balaban J connectivity index is 1.60. The maximum atomic E-state index is 12.0. The molecule has 0 spiro atoms. The highest BCUT2D eigenvalue weighted by atomic mass is 32.1. The lowest BCUT2D eigenvalue weighted by atomic mass is 10.0. The first-order valence-electron chi connectivity index (χ1n) is 8.67. The van der Waals surface area contributed by atoms with Gasteiger partial charge in [-0.1, -0.05) is 62.4 Å². The van der Waals surface area contributed by atoms with Crippen LogP contribution in [0.5, 0.6) is 0 Å². The quantitative estimate of drug-likeness (QED) is 0.376. The Bertz CT molecular complexity index is 534. The van der Waals surface area contributed by atoms with E-state index in [0.29, 0.717) is 6.42 Å². The number of rotatable bonds is 11. The third kappa shape index (κ3) is 6.82. The minimum Gasteiger partial charge on any atom is -0.211 e. The fourth-order valence-corrected chi connectivity index (χ4v) is 3.82. The zero-order valence-corrected chi connectivity index (χ0v) is 14.5. The zero-order valence-electron chi connectivity index (χ0n) is 13.6. The van der Waals surface area contributed by atoms with Gasteiger partial charge in [0.15, 0.2) is 0 Å². The number of hydrogen-bond acceptors (Lipinski definition) is 1. The zero-order chi connectivity index (χ0) is 16.3. The van der Waals surface area contributed by atoms with Crippen LogP contribution in [0, 0.1) is 0 Å². The predicted molar refractivity (Wildman–Crippen MR) is 96.4 cm³/mol. The number of alkyl halides is 2. The van der Waals surface area contributed by atoms with Crippen LogP contribution < -0.4 is 0 Å². The number of hydrogen-bond donors (Lipinski definition) is 0. The summed E-state index contributed by atoms with van der Waals surface area (Å²) >= 11 is 1.85. The van der Waals surface area contributed by atoms with Gasteiger partial charge in [0.25, 0.3) is 0 Å². The van der Waals surface area contributed by atoms with E-state index in [1.165, 1.54) is 41.7 Å². The third-order valence-electron chi connectivity index (χ3n) is 4.16. The summed E-state index contributed by atoms with van der Waals surface area (Å²) in [7, 11) is 0. The van der Waals surface area contributed by atoms with Crippen molar-refractivity contribution in [3.05, 3.63) is 46.7 Å². The average Bonchev–Trinajstić information content (AvgIpc) is 3.02. The van der Waals surface area contributed by atoms with Crippen molar-refractivity contribution in [3.63, 3.8) is 0 Å². The lowest BCUT2D eigenvalue weighted by Gasteiger charge is -2.05. The van der Waals surface area contributed by atoms with Crippen molar-refractivity contribution in [3.8, 4) is 11.1 Å². The lowest BCUT2D eigenvalue weighted by molar-refractivity contribution is 0.133. The second-order valence-corrected chi connectivity index (χ2v) is 7.03. The van der Waals surface area contributed by atoms with E-state index in [0.717, 1.165) is 19.3 Å². The van der Waals surface area contributed by atoms with Gasteiger partial charge in [-0.2, -0.15) is 0 Å². The second kappa shape index (κ2) is 10.5. The molecule has 23 heavy (non-hydrogen) atoms. The van der Waals surface area contributed by atoms with Crippen LogP contribution in [0.3, 0.4) is 0 Å². The topological polar surface area (TPSA) is 0 Å². The van der Waals surface area contributed by atoms with Crippen LogP contribution >= 0.6 is 11.3 Å². The van der Waals surface area contributed by atoms with E-state index < -0.39 is 6.43 Å². The highest BCUT2D eigenvalue weighted by Gasteiger charge is 2.06. The van der Waals surface area contributed by atoms with E-state index >= 15 is 0 Å². The fourth-order valence-electron chi connectivity index (χ4n) is 2.88. The Hall–Kier alpha value is -1.22. The van der Waals surface area contributed by atoms with E-state index in [-0.39, 0.29) is 6.42 Å². The van der Waals surface area contributed by atoms with Crippen LogP contribution in [0.4, 0.5) is 8.78 Å². The molecule has 1 aromatic carbocycles. The van der Waals surface area contributed by atoms with Gasteiger partial charge in [-0.3, -0.25) is 0 Å². The third-order valence-corrected chi connectivity index (χ3v) is 5.14. The highest BCUT2D eigenvalue weighted by molar-refractivity contribution is 7.10. The molecule has 0 fully saturated rings. The highest BCUT2D eigenvalue weighted by Crippen LogP contribution is 2.29. The van der Waals surface area contributed by atoms with Crippen molar-refractivity contribution in [2.45, 2.75) is 64.2 Å². The van der Waals surface area contributed by atoms with Gasteiger partial charge >= 0.3 is 0 Å². The molecular formula is C20H26F2S. The molecule has 0 aliphatic carbocycles. The van der Waals surface area contributed by atoms with Crippen LogP contribution in [-0.2, 0) is 6.42 Å². The van der Waals surface area contributed by atoms with Crippen molar-refractivity contribution < 1.29 is 8.78 Å². The van der Waals surface area contributed by atoms with Gasteiger partial charge in [0.05, 0.1) is 0 Å². The van der Waals surface area contributed by atoms with Crippen LogP contribution in [0.25, 0.3) is 11.1 Å². The largest absolute Gasteiger partial charge is 0.238 e. The number of benzene rings is 1. The Labute approximate surface area is 142 Å². The molecule has 0 saturated heterocycles. The normalized spacial score (nSPS) is 11.3. The molecule has 3 heteroatoms. The second-order valence-electron chi connectivity index (χ2n) is 6.03. The van der Waals surface area contributed by atoms with Gasteiger partial charge in [-0.05, 0) is 41.8 Å². The SMILES string of the molecule is FC(F)CCCCCCCCCc1sccc1-c1ccccc1. The molecule has 0 saturated carbocycles. The van der Waals surface area contributed by atoms with Gasteiger partial charge in [-0.15, -0.1) is 11.3 Å². The van der Waals surface area contributed by atoms with E-state index in [1.807, 2.05) is 11.3 Å². The standard InChI is InChI=1S/C20H26F2S/c21-20(22)14-10-5-3-1-2-4-9-13-19-18(15-16-23-19)17-11-7-6-8-12-17/h6-8,11-12,15-16,20H,1-5,9-10,13-14H2. The molecule has 0 unspecified atom stereocenters. The van der Waals surface area contributed by atoms with E-state index in [9.17, 15) is 8.78 Å². The molecule has 0 aliphatic heterocycles. The lowest BCUT2D eigenvalue weighted by Crippen LogP contribution is -1.90. The van der Waals surface area contributed by atoms with Crippen LogP contribution in [0.1, 0.15) is 56.2 Å². The molecule has 2 rings (SSSR count). The van der Waals surface area contributed by atoms with Gasteiger partial charge in [-0.25, -0.2) is 8.78 Å². The van der Waals surface area contributed by atoms with Crippen molar-refractivity contribution in [2.75, 3.05) is 0 Å². The molecular weight excluding hydrogens is 310 g/mol. The molecule has 126 valence electrons. The van der Waals surface area contributed by atoms with Gasteiger partial charge in [0, 0.05) is 11.3 Å². The van der Waals surface area contributed by atoms with Crippen LogP contribution in [-0.4, -0.2) is 6.43 Å². The number of halogens is 2. The Morgan fingerprint density at radius 3 is 2.13 bits per heavy atom. The van der Waals surface area contributed by atoms with Crippen molar-refractivity contribution in [1.29, 1.82) is 0 Å². The molecule has 1 heterocycles. The number of unbranched alkanes of at least 4 members (excludes halogenated alkanes) is 6. The van der Waals surface area contributed by atoms with Crippen molar-refractivity contribution in [2.24, 2.45) is 0 Å². The molecule has 0 aliphatic rings. The summed E-state index contributed by atoms with van der Waals surface area (Å²) in [6.07, 6.45) is 6.67. The molecule has 0 nitrogen and oxygen atoms in total. The monoisotopic (exact) mass is 336 g/mol. The molecule has 0 atom stereocenters. The average molecular weight is 336 g/mol. The Morgan fingerprint density at radius 2 is 1.43 bits per heavy atom. The van der Waals surface area contributed by atoms with Crippen molar-refractivity contribution in [1.82, 2.24) is 0 Å². The summed E-state index contributed by atoms with van der Waals surface area (Å²) in [5.41, 5.74) is 2.69. The van der Waals surface area contributed by atoms with Gasteiger partial charge < -0.3 is 0 Å². The van der Waals surface area contributed by atoms with Crippen LogP contribution in [0.2, 0.25) is 0 Å². The minimum atomic E-state index is -2.13. The van der Waals surface area contributed by atoms with E-state index in [1.54, 1.807) is 0 Å². The van der Waals surface area contributed by atoms with Crippen LogP contribution in [0.15, 0.2) is 41.8 Å².